The largest absolute Gasteiger partial charge is 0.393 e. The number of rotatable bonds is 2. The van der Waals surface area contributed by atoms with E-state index < -0.39 is 17.8 Å². The highest BCUT2D eigenvalue weighted by Gasteiger charge is 2.65. The third-order valence-electron chi connectivity index (χ3n) is 12.5. The third-order valence-corrected chi connectivity index (χ3v) is 12.5. The smallest absolute Gasteiger partial charge is 0.111 e. The molecule has 0 amide bonds. The molecule has 0 unspecified atom stereocenters. The van der Waals surface area contributed by atoms with Crippen LogP contribution in [0.25, 0.3) is 0 Å². The molecule has 0 bridgehead atoms. The standard InChI is InChI=1S/C30H50O4/c1-26(2)23-9-8-21-20(28(23,5)13-12-24(26)32)11-15-29(6)19(10-14-30(21,29)7)18-16-22(31)25(34-17-18)27(3,4)33/h8,18-20,22-25,31-33H,9-17H2,1-7H3/t18-,19+,20+,22-,23+,24-,25-,28-,29+,30-/m1/s1. The molecule has 3 saturated carbocycles. The molecule has 4 aliphatic carbocycles. The van der Waals surface area contributed by atoms with E-state index in [4.69, 9.17) is 4.74 Å². The first-order valence-electron chi connectivity index (χ1n) is 14.1. The molecule has 1 saturated heterocycles. The number of hydrogen-bond donors (Lipinski definition) is 3. The van der Waals surface area contributed by atoms with Gasteiger partial charge in [0.25, 0.3) is 0 Å². The van der Waals surface area contributed by atoms with Gasteiger partial charge in [-0.05, 0) is 111 Å². The first kappa shape index (κ1) is 25.2. The van der Waals surface area contributed by atoms with E-state index in [1.807, 2.05) is 0 Å². The fourth-order valence-electron chi connectivity index (χ4n) is 10.3. The monoisotopic (exact) mass is 474 g/mol. The Balaban J connectivity index is 1.42. The molecule has 0 aromatic carbocycles. The van der Waals surface area contributed by atoms with E-state index >= 15 is 0 Å². The summed E-state index contributed by atoms with van der Waals surface area (Å²) in [7, 11) is 0. The quantitative estimate of drug-likeness (QED) is 0.463. The predicted molar refractivity (Wildman–Crippen MR) is 135 cm³/mol. The molecule has 0 radical (unpaired) electrons. The predicted octanol–water partition coefficient (Wildman–Crippen LogP) is 5.49. The van der Waals surface area contributed by atoms with Crippen molar-refractivity contribution in [3.8, 4) is 0 Å². The average Bonchev–Trinajstić information content (AvgIpc) is 3.02. The van der Waals surface area contributed by atoms with Crippen LogP contribution in [0, 0.1) is 45.3 Å². The van der Waals surface area contributed by atoms with Crippen molar-refractivity contribution in [1.29, 1.82) is 0 Å². The Hall–Kier alpha value is -0.420. The van der Waals surface area contributed by atoms with Crippen LogP contribution in [0.15, 0.2) is 11.6 Å². The number of aliphatic hydroxyl groups is 3. The van der Waals surface area contributed by atoms with Crippen LogP contribution in [0.4, 0.5) is 0 Å². The summed E-state index contributed by atoms with van der Waals surface area (Å²) in [5, 5.41) is 32.1. The Morgan fingerprint density at radius 2 is 1.68 bits per heavy atom. The van der Waals surface area contributed by atoms with Gasteiger partial charge in [-0.2, -0.15) is 0 Å². The molecule has 4 heteroatoms. The zero-order chi connectivity index (χ0) is 24.9. The SMILES string of the molecule is CC(C)(O)[C@@H]1OC[C@H]([C@@H]2CC[C@]3(C)C4=CC[C@H]5C(C)(C)[C@H](O)CC[C@]5(C)[C@H]4CC[C@@]23C)C[C@H]1O. The highest BCUT2D eigenvalue weighted by Crippen LogP contribution is 2.73. The number of fused-ring (bicyclic) bond motifs is 5. The lowest BCUT2D eigenvalue weighted by atomic mass is 9.41. The first-order valence-corrected chi connectivity index (χ1v) is 14.1. The van der Waals surface area contributed by atoms with Crippen molar-refractivity contribution >= 4 is 0 Å². The zero-order valence-electron chi connectivity index (χ0n) is 22.7. The van der Waals surface area contributed by atoms with Gasteiger partial charge in [0.15, 0.2) is 0 Å². The summed E-state index contributed by atoms with van der Waals surface area (Å²) < 4.78 is 6.13. The van der Waals surface area contributed by atoms with Crippen LogP contribution >= 0.6 is 0 Å². The van der Waals surface area contributed by atoms with Crippen LogP contribution in [0.3, 0.4) is 0 Å². The third kappa shape index (κ3) is 3.30. The molecule has 4 fully saturated rings. The van der Waals surface area contributed by atoms with Gasteiger partial charge in [0, 0.05) is 0 Å². The lowest BCUT2D eigenvalue weighted by Gasteiger charge is -2.64. The van der Waals surface area contributed by atoms with E-state index in [1.165, 1.54) is 25.7 Å². The van der Waals surface area contributed by atoms with E-state index in [2.05, 4.69) is 40.7 Å². The highest BCUT2D eigenvalue weighted by atomic mass is 16.5. The van der Waals surface area contributed by atoms with Gasteiger partial charge in [0.1, 0.15) is 6.10 Å². The summed E-state index contributed by atoms with van der Waals surface area (Å²) in [6.07, 6.45) is 10.2. The van der Waals surface area contributed by atoms with E-state index in [0.717, 1.165) is 25.7 Å². The number of hydrogen-bond acceptors (Lipinski definition) is 4. The lowest BCUT2D eigenvalue weighted by Crippen LogP contribution is -2.58. The minimum atomic E-state index is -1.02. The van der Waals surface area contributed by atoms with Gasteiger partial charge in [-0.25, -0.2) is 0 Å². The molecule has 10 atom stereocenters. The molecule has 3 N–H and O–H groups in total. The molecular weight excluding hydrogens is 424 g/mol. The molecule has 0 aromatic heterocycles. The Morgan fingerprint density at radius 1 is 0.971 bits per heavy atom. The van der Waals surface area contributed by atoms with Crippen molar-refractivity contribution in [2.45, 2.75) is 124 Å². The van der Waals surface area contributed by atoms with E-state index in [-0.39, 0.29) is 27.8 Å². The topological polar surface area (TPSA) is 69.9 Å². The van der Waals surface area contributed by atoms with Gasteiger partial charge in [-0.3, -0.25) is 0 Å². The second-order valence-electron chi connectivity index (χ2n) is 14.8. The van der Waals surface area contributed by atoms with Crippen LogP contribution in [0.1, 0.15) is 99.8 Å². The number of ether oxygens (including phenoxy) is 1. The van der Waals surface area contributed by atoms with E-state index in [9.17, 15) is 15.3 Å². The van der Waals surface area contributed by atoms with Crippen molar-refractivity contribution in [2.75, 3.05) is 6.61 Å². The number of allylic oxidation sites excluding steroid dienone is 2. The maximum atomic E-state index is 10.9. The van der Waals surface area contributed by atoms with Crippen molar-refractivity contribution < 1.29 is 20.1 Å². The Morgan fingerprint density at radius 3 is 2.32 bits per heavy atom. The summed E-state index contributed by atoms with van der Waals surface area (Å²) in [5.74, 6) is 2.08. The summed E-state index contributed by atoms with van der Waals surface area (Å²) >= 11 is 0. The van der Waals surface area contributed by atoms with Crippen molar-refractivity contribution in [3.63, 3.8) is 0 Å². The summed E-state index contributed by atoms with van der Waals surface area (Å²) in [4.78, 5) is 0. The van der Waals surface area contributed by atoms with Crippen molar-refractivity contribution in [2.24, 2.45) is 45.3 Å². The van der Waals surface area contributed by atoms with Crippen molar-refractivity contribution in [3.05, 3.63) is 11.6 Å². The van der Waals surface area contributed by atoms with Gasteiger partial charge in [0.05, 0.1) is 24.4 Å². The summed E-state index contributed by atoms with van der Waals surface area (Å²) in [6, 6.07) is 0. The van der Waals surface area contributed by atoms with Gasteiger partial charge < -0.3 is 20.1 Å². The van der Waals surface area contributed by atoms with Gasteiger partial charge in [-0.1, -0.05) is 46.3 Å². The van der Waals surface area contributed by atoms with Gasteiger partial charge in [-0.15, -0.1) is 0 Å². The molecule has 4 nitrogen and oxygen atoms in total. The maximum absolute atomic E-state index is 10.9. The Kier molecular flexibility index (Phi) is 5.78. The average molecular weight is 475 g/mol. The van der Waals surface area contributed by atoms with Crippen molar-refractivity contribution in [1.82, 2.24) is 0 Å². The van der Waals surface area contributed by atoms with Gasteiger partial charge in [0.2, 0.25) is 0 Å². The van der Waals surface area contributed by atoms with E-state index in [1.54, 1.807) is 19.4 Å². The second-order valence-corrected chi connectivity index (χ2v) is 14.8. The highest BCUT2D eigenvalue weighted by molar-refractivity contribution is 5.33. The Bertz CT molecular complexity index is 841. The van der Waals surface area contributed by atoms with Crippen LogP contribution < -0.4 is 0 Å². The normalized spacial score (nSPS) is 52.9. The van der Waals surface area contributed by atoms with E-state index in [0.29, 0.717) is 30.3 Å². The summed E-state index contributed by atoms with van der Waals surface area (Å²) in [6.45, 7) is 16.4. The molecule has 34 heavy (non-hydrogen) atoms. The Labute approximate surface area is 207 Å². The first-order chi connectivity index (χ1) is 15.7. The minimum absolute atomic E-state index is 0.0263. The van der Waals surface area contributed by atoms with Crippen LogP contribution in [0.2, 0.25) is 0 Å². The summed E-state index contributed by atoms with van der Waals surface area (Å²) in [5.41, 5.74) is 1.38. The van der Waals surface area contributed by atoms with Crippen LogP contribution in [-0.2, 0) is 4.74 Å². The zero-order valence-corrected chi connectivity index (χ0v) is 22.7. The fourth-order valence-corrected chi connectivity index (χ4v) is 10.3. The molecule has 1 heterocycles. The van der Waals surface area contributed by atoms with Crippen LogP contribution in [-0.4, -0.2) is 45.8 Å². The second kappa shape index (κ2) is 7.79. The molecule has 0 spiro atoms. The molecule has 1 aliphatic heterocycles. The minimum Gasteiger partial charge on any atom is -0.393 e. The molecular formula is C30H50O4. The molecule has 0 aromatic rings. The van der Waals surface area contributed by atoms with Gasteiger partial charge >= 0.3 is 0 Å². The number of aliphatic hydroxyl groups excluding tert-OH is 2. The fraction of sp³-hybridized carbons (Fsp3) is 0.933. The van der Waals surface area contributed by atoms with Crippen LogP contribution in [0.5, 0.6) is 0 Å². The molecule has 194 valence electrons. The maximum Gasteiger partial charge on any atom is 0.111 e. The molecule has 5 aliphatic rings. The lowest BCUT2D eigenvalue weighted by molar-refractivity contribution is -0.188. The molecule has 5 rings (SSSR count).